The Hall–Kier alpha value is -1.64. The van der Waals surface area contributed by atoms with Crippen molar-refractivity contribution in [3.63, 3.8) is 0 Å². The molecule has 1 atom stereocenters. The molecule has 0 spiro atoms. The Labute approximate surface area is 108 Å². The molecule has 0 saturated heterocycles. The highest BCUT2D eigenvalue weighted by atomic mass is 16.1. The second-order valence-corrected chi connectivity index (χ2v) is 5.20. The summed E-state index contributed by atoms with van der Waals surface area (Å²) in [5, 5.41) is 2.62. The summed E-state index contributed by atoms with van der Waals surface area (Å²) < 4.78 is 0. The predicted molar refractivity (Wildman–Crippen MR) is 70.9 cm³/mol. The van der Waals surface area contributed by atoms with Crippen molar-refractivity contribution in [3.05, 3.63) is 34.9 Å². The van der Waals surface area contributed by atoms with Crippen molar-refractivity contribution < 1.29 is 9.59 Å². The zero-order chi connectivity index (χ0) is 13.3. The number of nitrogens with one attached hydrogen (secondary N) is 1. The van der Waals surface area contributed by atoms with Crippen LogP contribution >= 0.6 is 0 Å². The number of Topliss-reactive ketones (excluding diaryl/α,β-unsaturated/α-hetero) is 1. The highest BCUT2D eigenvalue weighted by Gasteiger charge is 2.30. The van der Waals surface area contributed by atoms with E-state index in [0.717, 1.165) is 11.1 Å². The first-order valence-electron chi connectivity index (χ1n) is 6.40. The largest absolute Gasteiger partial charge is 0.359 e. The van der Waals surface area contributed by atoms with E-state index in [1.54, 1.807) is 7.05 Å². The van der Waals surface area contributed by atoms with Gasteiger partial charge in [-0.05, 0) is 23.1 Å². The summed E-state index contributed by atoms with van der Waals surface area (Å²) in [6.07, 6.45) is 0.862. The van der Waals surface area contributed by atoms with E-state index in [9.17, 15) is 9.59 Å². The number of ketones is 1. The molecule has 0 bridgehead atoms. The molecule has 3 nitrogen and oxygen atoms in total. The number of carbonyl (C=O) groups excluding carboxylic acids is 2. The average Bonchev–Trinajstić information content (AvgIpc) is 2.65. The minimum atomic E-state index is -0.00594. The fraction of sp³-hybridized carbons (Fsp3) is 0.467. The Balaban J connectivity index is 2.30. The van der Waals surface area contributed by atoms with Crippen LogP contribution in [0.5, 0.6) is 0 Å². The van der Waals surface area contributed by atoms with Crippen molar-refractivity contribution in [2.75, 3.05) is 7.05 Å². The van der Waals surface area contributed by atoms with Gasteiger partial charge in [-0.1, -0.05) is 26.0 Å². The molecule has 1 aliphatic rings. The molecule has 1 unspecified atom stereocenters. The van der Waals surface area contributed by atoms with E-state index < -0.39 is 0 Å². The first-order chi connectivity index (χ1) is 8.52. The molecule has 0 aromatic heterocycles. The molecule has 1 N–H and O–H groups in total. The first kappa shape index (κ1) is 12.8. The molecule has 0 heterocycles. The van der Waals surface area contributed by atoms with Gasteiger partial charge in [-0.25, -0.2) is 0 Å². The molecule has 0 saturated carbocycles. The Morgan fingerprint density at radius 3 is 2.78 bits per heavy atom. The summed E-state index contributed by atoms with van der Waals surface area (Å²) >= 11 is 0. The number of fused-ring (bicyclic) bond motifs is 1. The molecule has 0 fully saturated rings. The van der Waals surface area contributed by atoms with E-state index in [2.05, 4.69) is 25.2 Å². The molecule has 0 radical (unpaired) electrons. The molecule has 3 heteroatoms. The number of carbonyl (C=O) groups is 2. The summed E-state index contributed by atoms with van der Waals surface area (Å²) in [4.78, 5) is 23.4. The lowest BCUT2D eigenvalue weighted by molar-refractivity contribution is -0.120. The summed E-state index contributed by atoms with van der Waals surface area (Å²) in [5.41, 5.74) is 3.03. The second-order valence-electron chi connectivity index (χ2n) is 5.20. The smallest absolute Gasteiger partial charge is 0.220 e. The van der Waals surface area contributed by atoms with Gasteiger partial charge >= 0.3 is 0 Å². The molecule has 96 valence electrons. The number of hydrogen-bond donors (Lipinski definition) is 1. The van der Waals surface area contributed by atoms with Crippen LogP contribution in [0.25, 0.3) is 0 Å². The molecule has 1 aromatic rings. The monoisotopic (exact) mass is 245 g/mol. The van der Waals surface area contributed by atoms with E-state index in [0.29, 0.717) is 18.8 Å². The SMILES string of the molecule is CNC(=O)CC1CC(=O)c2cc(C(C)C)ccc21. The summed E-state index contributed by atoms with van der Waals surface area (Å²) in [5.74, 6) is 0.629. The molecular formula is C15H19NO2. The van der Waals surface area contributed by atoms with Crippen LogP contribution in [-0.2, 0) is 4.79 Å². The van der Waals surface area contributed by atoms with Crippen LogP contribution < -0.4 is 5.32 Å². The van der Waals surface area contributed by atoms with Gasteiger partial charge < -0.3 is 5.32 Å². The quantitative estimate of drug-likeness (QED) is 0.889. The van der Waals surface area contributed by atoms with Gasteiger partial charge in [0.15, 0.2) is 5.78 Å². The maximum atomic E-state index is 12.0. The van der Waals surface area contributed by atoms with Gasteiger partial charge in [0.1, 0.15) is 0 Å². The van der Waals surface area contributed by atoms with Gasteiger partial charge in [0.25, 0.3) is 0 Å². The lowest BCUT2D eigenvalue weighted by atomic mass is 9.94. The number of hydrogen-bond acceptors (Lipinski definition) is 2. The van der Waals surface area contributed by atoms with E-state index in [1.165, 1.54) is 5.56 Å². The summed E-state index contributed by atoms with van der Waals surface area (Å²) in [6.45, 7) is 4.23. The van der Waals surface area contributed by atoms with E-state index in [-0.39, 0.29) is 17.6 Å². The second kappa shape index (κ2) is 4.92. The van der Waals surface area contributed by atoms with E-state index in [4.69, 9.17) is 0 Å². The van der Waals surface area contributed by atoms with Crippen LogP contribution in [0.1, 0.15) is 60.0 Å². The van der Waals surface area contributed by atoms with Gasteiger partial charge in [0.2, 0.25) is 5.91 Å². The number of rotatable bonds is 3. The summed E-state index contributed by atoms with van der Waals surface area (Å²) in [6, 6.07) is 6.08. The van der Waals surface area contributed by atoms with Gasteiger partial charge in [-0.15, -0.1) is 0 Å². The Kier molecular flexibility index (Phi) is 3.50. The van der Waals surface area contributed by atoms with Gasteiger partial charge in [-0.2, -0.15) is 0 Å². The minimum absolute atomic E-state index is 0.00594. The highest BCUT2D eigenvalue weighted by molar-refractivity contribution is 6.02. The van der Waals surface area contributed by atoms with Crippen LogP contribution in [-0.4, -0.2) is 18.7 Å². The van der Waals surface area contributed by atoms with E-state index >= 15 is 0 Å². The number of benzene rings is 1. The van der Waals surface area contributed by atoms with E-state index in [1.807, 2.05) is 12.1 Å². The third-order valence-electron chi connectivity index (χ3n) is 3.63. The van der Waals surface area contributed by atoms with Crippen molar-refractivity contribution in [2.24, 2.45) is 0 Å². The topological polar surface area (TPSA) is 46.2 Å². The lowest BCUT2D eigenvalue weighted by Crippen LogP contribution is -2.19. The molecule has 1 aromatic carbocycles. The van der Waals surface area contributed by atoms with Crippen LogP contribution in [0, 0.1) is 0 Å². The third kappa shape index (κ3) is 2.30. The maximum Gasteiger partial charge on any atom is 0.220 e. The zero-order valence-electron chi connectivity index (χ0n) is 11.1. The van der Waals surface area contributed by atoms with Crippen LogP contribution in [0.3, 0.4) is 0 Å². The Bertz CT molecular complexity index is 491. The van der Waals surface area contributed by atoms with Gasteiger partial charge in [-0.3, -0.25) is 9.59 Å². The summed E-state index contributed by atoms with van der Waals surface area (Å²) in [7, 11) is 1.63. The number of amides is 1. The Morgan fingerprint density at radius 1 is 1.44 bits per heavy atom. The highest BCUT2D eigenvalue weighted by Crippen LogP contribution is 2.36. The maximum absolute atomic E-state index is 12.0. The minimum Gasteiger partial charge on any atom is -0.359 e. The van der Waals surface area contributed by atoms with Gasteiger partial charge in [0, 0.05) is 31.4 Å². The van der Waals surface area contributed by atoms with Crippen LogP contribution in [0.2, 0.25) is 0 Å². The van der Waals surface area contributed by atoms with Crippen LogP contribution in [0.15, 0.2) is 18.2 Å². The molecule has 2 rings (SSSR count). The molecular weight excluding hydrogens is 226 g/mol. The lowest BCUT2D eigenvalue weighted by Gasteiger charge is -2.11. The molecule has 1 aliphatic carbocycles. The van der Waals surface area contributed by atoms with Crippen LogP contribution in [0.4, 0.5) is 0 Å². The normalized spacial score (nSPS) is 18.0. The zero-order valence-corrected chi connectivity index (χ0v) is 11.1. The van der Waals surface area contributed by atoms with Crippen molar-refractivity contribution in [1.29, 1.82) is 0 Å². The van der Waals surface area contributed by atoms with Crippen molar-refractivity contribution in [2.45, 2.75) is 38.5 Å². The molecule has 1 amide bonds. The van der Waals surface area contributed by atoms with Crippen molar-refractivity contribution >= 4 is 11.7 Å². The molecule has 0 aliphatic heterocycles. The fourth-order valence-electron chi connectivity index (χ4n) is 2.48. The standard InChI is InChI=1S/C15H19NO2/c1-9(2)10-4-5-12-11(8-15(18)16-3)7-14(17)13(12)6-10/h4-6,9,11H,7-8H2,1-3H3,(H,16,18). The molecule has 18 heavy (non-hydrogen) atoms. The Morgan fingerprint density at radius 2 is 2.17 bits per heavy atom. The predicted octanol–water partition coefficient (Wildman–Crippen LogP) is 2.62. The first-order valence-corrected chi connectivity index (χ1v) is 6.40. The fourth-order valence-corrected chi connectivity index (χ4v) is 2.48. The van der Waals surface area contributed by atoms with Crippen molar-refractivity contribution in [1.82, 2.24) is 5.32 Å². The average molecular weight is 245 g/mol. The van der Waals surface area contributed by atoms with Crippen molar-refractivity contribution in [3.8, 4) is 0 Å². The van der Waals surface area contributed by atoms with Gasteiger partial charge in [0.05, 0.1) is 0 Å². The third-order valence-corrected chi connectivity index (χ3v) is 3.63.